The number of nitrogens with zero attached hydrogens (tertiary/aromatic N) is 1. The largest absolute Gasteiger partial charge is 0.497 e. The fraction of sp³-hybridized carbons (Fsp3) is 0.250. The van der Waals surface area contributed by atoms with Crippen LogP contribution in [0.2, 0.25) is 10.0 Å². The molecule has 0 aliphatic heterocycles. The van der Waals surface area contributed by atoms with Crippen molar-refractivity contribution >= 4 is 63.1 Å². The number of carbonyl (C=O) groups is 3. The summed E-state index contributed by atoms with van der Waals surface area (Å²) in [5.74, 6) is -0.910. The summed E-state index contributed by atoms with van der Waals surface area (Å²) in [4.78, 5) is 43.2. The number of benzene rings is 1. The van der Waals surface area contributed by atoms with Gasteiger partial charge in [0.1, 0.15) is 10.8 Å². The van der Waals surface area contributed by atoms with E-state index in [1.165, 1.54) is 23.6 Å². The summed E-state index contributed by atoms with van der Waals surface area (Å²) in [5.41, 5.74) is 1.57. The Morgan fingerprint density at radius 2 is 1.83 bits per heavy atom. The zero-order valence-electron chi connectivity index (χ0n) is 18.7. The maximum atomic E-state index is 13.0. The molecular formula is C24H21Cl2N3O5S. The van der Waals surface area contributed by atoms with Gasteiger partial charge in [0.05, 0.1) is 22.7 Å². The Hall–Kier alpha value is -3.14. The lowest BCUT2D eigenvalue weighted by Gasteiger charge is -2.13. The minimum Gasteiger partial charge on any atom is -0.497 e. The van der Waals surface area contributed by atoms with Crippen molar-refractivity contribution in [3.63, 3.8) is 0 Å². The molecule has 0 saturated carbocycles. The van der Waals surface area contributed by atoms with E-state index in [-0.39, 0.29) is 16.7 Å². The fourth-order valence-electron chi connectivity index (χ4n) is 3.67. The number of aromatic nitrogens is 1. The van der Waals surface area contributed by atoms with Gasteiger partial charge in [0, 0.05) is 16.6 Å². The number of rotatable bonds is 7. The molecule has 2 N–H and O–H groups in total. The van der Waals surface area contributed by atoms with Crippen molar-refractivity contribution in [1.82, 2.24) is 4.98 Å². The summed E-state index contributed by atoms with van der Waals surface area (Å²) in [5, 5.41) is 6.22. The molecule has 182 valence electrons. The Labute approximate surface area is 215 Å². The van der Waals surface area contributed by atoms with Gasteiger partial charge in [0.15, 0.2) is 12.4 Å². The highest BCUT2D eigenvalue weighted by molar-refractivity contribution is 7.17. The third kappa shape index (κ3) is 5.93. The first-order valence-electron chi connectivity index (χ1n) is 10.7. The van der Waals surface area contributed by atoms with Crippen LogP contribution in [-0.2, 0) is 22.4 Å². The SMILES string of the molecule is COc1ccc(C(=O)Nc2sc3c(c2C(=O)OCC(=O)Nc2ncc(Cl)cc2Cl)CCCC3)cc1. The molecule has 0 bridgehead atoms. The van der Waals surface area contributed by atoms with Crippen LogP contribution >= 0.6 is 34.5 Å². The van der Waals surface area contributed by atoms with Crippen LogP contribution < -0.4 is 15.4 Å². The quantitative estimate of drug-likeness (QED) is 0.394. The van der Waals surface area contributed by atoms with Crippen molar-refractivity contribution in [2.45, 2.75) is 25.7 Å². The lowest BCUT2D eigenvalue weighted by molar-refractivity contribution is -0.119. The number of carbonyl (C=O) groups excluding carboxylic acids is 3. The number of pyridine rings is 1. The normalized spacial score (nSPS) is 12.4. The molecule has 0 saturated heterocycles. The van der Waals surface area contributed by atoms with Crippen LogP contribution in [0.5, 0.6) is 5.75 Å². The van der Waals surface area contributed by atoms with Gasteiger partial charge in [0.25, 0.3) is 11.8 Å². The van der Waals surface area contributed by atoms with E-state index in [0.717, 1.165) is 29.7 Å². The minimum atomic E-state index is -0.681. The number of ether oxygens (including phenoxy) is 2. The smallest absolute Gasteiger partial charge is 0.341 e. The molecule has 0 spiro atoms. The summed E-state index contributed by atoms with van der Waals surface area (Å²) < 4.78 is 10.4. The Bertz CT molecular complexity index is 1280. The van der Waals surface area contributed by atoms with Gasteiger partial charge in [0.2, 0.25) is 0 Å². The van der Waals surface area contributed by atoms with E-state index >= 15 is 0 Å². The van der Waals surface area contributed by atoms with Gasteiger partial charge in [-0.25, -0.2) is 9.78 Å². The van der Waals surface area contributed by atoms with Gasteiger partial charge in [-0.05, 0) is 61.6 Å². The number of esters is 1. The third-order valence-electron chi connectivity index (χ3n) is 5.35. The lowest BCUT2D eigenvalue weighted by atomic mass is 9.95. The second-order valence-corrected chi connectivity index (χ2v) is 9.65. The number of anilines is 2. The Kier molecular flexibility index (Phi) is 7.90. The monoisotopic (exact) mass is 533 g/mol. The fourth-order valence-corrected chi connectivity index (χ4v) is 5.37. The summed E-state index contributed by atoms with van der Waals surface area (Å²) >= 11 is 13.2. The van der Waals surface area contributed by atoms with Gasteiger partial charge >= 0.3 is 5.97 Å². The Balaban J connectivity index is 1.48. The average Bonchev–Trinajstić information content (AvgIpc) is 3.22. The first kappa shape index (κ1) is 25.0. The molecule has 1 aliphatic carbocycles. The van der Waals surface area contributed by atoms with Crippen LogP contribution in [0.4, 0.5) is 10.8 Å². The minimum absolute atomic E-state index is 0.109. The molecule has 1 aromatic carbocycles. The Morgan fingerprint density at radius 1 is 1.09 bits per heavy atom. The van der Waals surface area contributed by atoms with Crippen molar-refractivity contribution in [3.8, 4) is 5.75 Å². The van der Waals surface area contributed by atoms with Gasteiger partial charge in [-0.3, -0.25) is 9.59 Å². The van der Waals surface area contributed by atoms with E-state index in [1.54, 1.807) is 31.4 Å². The number of amides is 2. The van der Waals surface area contributed by atoms with Crippen molar-refractivity contribution in [2.24, 2.45) is 0 Å². The molecular weight excluding hydrogens is 513 g/mol. The van der Waals surface area contributed by atoms with E-state index in [0.29, 0.717) is 33.3 Å². The molecule has 1 aliphatic rings. The molecule has 0 radical (unpaired) electrons. The highest BCUT2D eigenvalue weighted by Gasteiger charge is 2.28. The molecule has 35 heavy (non-hydrogen) atoms. The van der Waals surface area contributed by atoms with Crippen LogP contribution in [0, 0.1) is 0 Å². The Morgan fingerprint density at radius 3 is 2.54 bits per heavy atom. The van der Waals surface area contributed by atoms with Crippen LogP contribution in [-0.4, -0.2) is 36.5 Å². The number of hydrogen-bond donors (Lipinski definition) is 2. The number of methoxy groups -OCH3 is 1. The summed E-state index contributed by atoms with van der Waals surface area (Å²) in [6, 6.07) is 8.08. The van der Waals surface area contributed by atoms with E-state index in [1.807, 2.05) is 0 Å². The van der Waals surface area contributed by atoms with E-state index < -0.39 is 18.5 Å². The summed E-state index contributed by atoms with van der Waals surface area (Å²) in [6.45, 7) is -0.546. The first-order chi connectivity index (χ1) is 16.9. The number of fused-ring (bicyclic) bond motifs is 1. The number of thiophene rings is 1. The van der Waals surface area contributed by atoms with Crippen LogP contribution in [0.3, 0.4) is 0 Å². The van der Waals surface area contributed by atoms with E-state index in [2.05, 4.69) is 15.6 Å². The van der Waals surface area contributed by atoms with Gasteiger partial charge in [-0.1, -0.05) is 23.2 Å². The predicted octanol–water partition coefficient (Wildman–Crippen LogP) is 5.39. The predicted molar refractivity (Wildman–Crippen MR) is 135 cm³/mol. The summed E-state index contributed by atoms with van der Waals surface area (Å²) in [7, 11) is 1.55. The van der Waals surface area contributed by atoms with Crippen molar-refractivity contribution in [2.75, 3.05) is 24.4 Å². The van der Waals surface area contributed by atoms with Crippen molar-refractivity contribution in [3.05, 3.63) is 68.1 Å². The lowest BCUT2D eigenvalue weighted by Crippen LogP contribution is -2.23. The molecule has 2 heterocycles. The topological polar surface area (TPSA) is 107 Å². The van der Waals surface area contributed by atoms with Crippen LogP contribution in [0.15, 0.2) is 36.5 Å². The van der Waals surface area contributed by atoms with Crippen molar-refractivity contribution < 1.29 is 23.9 Å². The molecule has 0 atom stereocenters. The van der Waals surface area contributed by atoms with Gasteiger partial charge in [-0.15, -0.1) is 11.3 Å². The highest BCUT2D eigenvalue weighted by atomic mass is 35.5. The van der Waals surface area contributed by atoms with Gasteiger partial charge < -0.3 is 20.1 Å². The molecule has 2 amide bonds. The first-order valence-corrected chi connectivity index (χ1v) is 12.3. The van der Waals surface area contributed by atoms with Gasteiger partial charge in [-0.2, -0.15) is 0 Å². The number of halogens is 2. The summed E-state index contributed by atoms with van der Waals surface area (Å²) in [6.07, 6.45) is 4.79. The molecule has 0 fully saturated rings. The zero-order valence-corrected chi connectivity index (χ0v) is 21.0. The molecule has 8 nitrogen and oxygen atoms in total. The molecule has 2 aromatic heterocycles. The number of aryl methyl sites for hydroxylation is 1. The van der Waals surface area contributed by atoms with E-state index in [4.69, 9.17) is 32.7 Å². The van der Waals surface area contributed by atoms with Crippen molar-refractivity contribution in [1.29, 1.82) is 0 Å². The molecule has 4 rings (SSSR count). The number of hydrogen-bond acceptors (Lipinski definition) is 7. The van der Waals surface area contributed by atoms with Crippen LogP contribution in [0.25, 0.3) is 0 Å². The second-order valence-electron chi connectivity index (χ2n) is 7.71. The molecule has 0 unspecified atom stereocenters. The average molecular weight is 534 g/mol. The van der Waals surface area contributed by atoms with Crippen LogP contribution in [0.1, 0.15) is 44.0 Å². The molecule has 11 heteroatoms. The zero-order chi connectivity index (χ0) is 24.9. The number of nitrogens with one attached hydrogen (secondary N) is 2. The second kappa shape index (κ2) is 11.1. The van der Waals surface area contributed by atoms with E-state index in [9.17, 15) is 14.4 Å². The maximum absolute atomic E-state index is 13.0. The molecule has 3 aromatic rings. The third-order valence-corrected chi connectivity index (χ3v) is 7.06. The highest BCUT2D eigenvalue weighted by Crippen LogP contribution is 2.39. The standard InChI is InChI=1S/C24H21Cl2N3O5S/c1-33-15-8-6-13(7-9-15)22(31)29-23-20(16-4-2-3-5-18(16)35-23)24(32)34-12-19(30)28-21-17(26)10-14(25)11-27-21/h6-11H,2-5,12H2,1H3,(H,29,31)(H,27,28,30). The maximum Gasteiger partial charge on any atom is 0.341 e.